The molecule has 4 nitrogen and oxygen atoms in total. The summed E-state index contributed by atoms with van der Waals surface area (Å²) >= 11 is 0. The van der Waals surface area contributed by atoms with Crippen molar-refractivity contribution >= 4 is 5.97 Å². The van der Waals surface area contributed by atoms with E-state index >= 15 is 0 Å². The third-order valence-corrected chi connectivity index (χ3v) is 2.21. The molecule has 0 aromatic heterocycles. The summed E-state index contributed by atoms with van der Waals surface area (Å²) in [7, 11) is 1.38. The maximum Gasteiger partial charge on any atom is 0.306 e. The average molecular weight is 173 g/mol. The molecule has 1 saturated carbocycles. The van der Waals surface area contributed by atoms with Crippen molar-refractivity contribution in [3.8, 4) is 0 Å². The first-order valence-corrected chi connectivity index (χ1v) is 4.15. The molecule has 0 aromatic rings. The number of rotatable bonds is 5. The van der Waals surface area contributed by atoms with Crippen LogP contribution in [-0.4, -0.2) is 36.9 Å². The molecule has 0 heterocycles. The van der Waals surface area contributed by atoms with Crippen LogP contribution in [0.1, 0.15) is 19.3 Å². The van der Waals surface area contributed by atoms with E-state index in [0.29, 0.717) is 13.0 Å². The quantitative estimate of drug-likeness (QED) is 0.559. The fourth-order valence-electron chi connectivity index (χ4n) is 1.07. The van der Waals surface area contributed by atoms with Crippen LogP contribution >= 0.6 is 0 Å². The minimum absolute atomic E-state index is 0.0754. The highest BCUT2D eigenvalue weighted by atomic mass is 16.5. The van der Waals surface area contributed by atoms with Crippen molar-refractivity contribution < 1.29 is 14.6 Å². The molecule has 0 aliphatic heterocycles. The first kappa shape index (κ1) is 9.48. The second-order valence-electron chi connectivity index (χ2n) is 3.19. The minimum Gasteiger partial charge on any atom is -0.469 e. The van der Waals surface area contributed by atoms with Gasteiger partial charge in [-0.1, -0.05) is 0 Å². The van der Waals surface area contributed by atoms with Crippen LogP contribution in [0.2, 0.25) is 0 Å². The highest BCUT2D eigenvalue weighted by Gasteiger charge is 2.41. The number of aliphatic hydroxyl groups is 1. The van der Waals surface area contributed by atoms with Crippen molar-refractivity contribution in [1.29, 1.82) is 0 Å². The molecular weight excluding hydrogens is 158 g/mol. The number of methoxy groups -OCH3 is 1. The van der Waals surface area contributed by atoms with Gasteiger partial charge in [0.2, 0.25) is 0 Å². The van der Waals surface area contributed by atoms with Crippen LogP contribution in [0, 0.1) is 0 Å². The van der Waals surface area contributed by atoms with Crippen molar-refractivity contribution in [2.45, 2.75) is 24.8 Å². The predicted octanol–water partition coefficient (Wildman–Crippen LogP) is -0.336. The molecule has 0 bridgehead atoms. The van der Waals surface area contributed by atoms with Gasteiger partial charge in [0.05, 0.1) is 20.1 Å². The highest BCUT2D eigenvalue weighted by molar-refractivity contribution is 5.69. The number of nitrogens with one attached hydrogen (secondary N) is 1. The zero-order chi connectivity index (χ0) is 9.03. The van der Waals surface area contributed by atoms with Crippen LogP contribution in [0.3, 0.4) is 0 Å². The molecule has 1 aliphatic carbocycles. The van der Waals surface area contributed by atoms with Gasteiger partial charge in [0.25, 0.3) is 0 Å². The Kier molecular flexibility index (Phi) is 3.05. The number of carbonyl (C=O) groups is 1. The fraction of sp³-hybridized carbons (Fsp3) is 0.875. The van der Waals surface area contributed by atoms with Gasteiger partial charge < -0.3 is 15.2 Å². The van der Waals surface area contributed by atoms with Gasteiger partial charge in [-0.3, -0.25) is 4.79 Å². The average Bonchev–Trinajstić information content (AvgIpc) is 2.85. The Balaban J connectivity index is 2.06. The Morgan fingerprint density at radius 3 is 2.75 bits per heavy atom. The smallest absolute Gasteiger partial charge is 0.306 e. The number of aliphatic hydroxyl groups excluding tert-OH is 1. The van der Waals surface area contributed by atoms with Gasteiger partial charge in [0, 0.05) is 12.1 Å². The van der Waals surface area contributed by atoms with E-state index < -0.39 is 0 Å². The van der Waals surface area contributed by atoms with Gasteiger partial charge >= 0.3 is 5.97 Å². The lowest BCUT2D eigenvalue weighted by Crippen LogP contribution is -2.36. The first-order valence-electron chi connectivity index (χ1n) is 4.15. The molecule has 0 aromatic carbocycles. The van der Waals surface area contributed by atoms with E-state index in [1.54, 1.807) is 0 Å². The maximum atomic E-state index is 10.7. The topological polar surface area (TPSA) is 58.6 Å². The largest absolute Gasteiger partial charge is 0.469 e. The lowest BCUT2D eigenvalue weighted by molar-refractivity contribution is -0.140. The molecule has 12 heavy (non-hydrogen) atoms. The fourth-order valence-corrected chi connectivity index (χ4v) is 1.07. The number of esters is 1. The normalized spacial score (nSPS) is 18.8. The molecule has 0 spiro atoms. The van der Waals surface area contributed by atoms with Crippen LogP contribution in [-0.2, 0) is 9.53 Å². The Bertz CT molecular complexity index is 166. The molecule has 4 heteroatoms. The van der Waals surface area contributed by atoms with E-state index in [1.165, 1.54) is 7.11 Å². The molecular formula is C8H15NO3. The zero-order valence-electron chi connectivity index (χ0n) is 7.30. The molecule has 1 rings (SSSR count). The summed E-state index contributed by atoms with van der Waals surface area (Å²) in [5.74, 6) is -0.212. The van der Waals surface area contributed by atoms with E-state index in [2.05, 4.69) is 10.1 Å². The Hall–Kier alpha value is -0.610. The van der Waals surface area contributed by atoms with Crippen molar-refractivity contribution in [3.05, 3.63) is 0 Å². The molecule has 0 amide bonds. The molecule has 2 N–H and O–H groups in total. The summed E-state index contributed by atoms with van der Waals surface area (Å²) in [6.45, 7) is 0.751. The van der Waals surface area contributed by atoms with E-state index in [0.717, 1.165) is 12.8 Å². The third kappa shape index (κ3) is 2.46. The third-order valence-electron chi connectivity index (χ3n) is 2.21. The molecule has 0 unspecified atom stereocenters. The zero-order valence-corrected chi connectivity index (χ0v) is 7.30. The summed E-state index contributed by atoms with van der Waals surface area (Å²) in [6, 6.07) is 0. The lowest BCUT2D eigenvalue weighted by Gasteiger charge is -2.12. The van der Waals surface area contributed by atoms with Gasteiger partial charge in [0.1, 0.15) is 0 Å². The predicted molar refractivity (Wildman–Crippen MR) is 43.7 cm³/mol. The van der Waals surface area contributed by atoms with Crippen LogP contribution < -0.4 is 5.32 Å². The van der Waals surface area contributed by atoms with Crippen LogP contribution in [0.5, 0.6) is 0 Å². The molecule has 70 valence electrons. The molecule has 0 atom stereocenters. The van der Waals surface area contributed by atoms with Gasteiger partial charge in [0.15, 0.2) is 0 Å². The van der Waals surface area contributed by atoms with Crippen molar-refractivity contribution in [2.24, 2.45) is 0 Å². The van der Waals surface area contributed by atoms with Gasteiger partial charge in [-0.15, -0.1) is 0 Å². The highest BCUT2D eigenvalue weighted by Crippen LogP contribution is 2.34. The first-order chi connectivity index (χ1) is 5.72. The van der Waals surface area contributed by atoms with Gasteiger partial charge in [-0.05, 0) is 12.8 Å². The van der Waals surface area contributed by atoms with Gasteiger partial charge in [-0.25, -0.2) is 0 Å². The van der Waals surface area contributed by atoms with Crippen molar-refractivity contribution in [3.63, 3.8) is 0 Å². The monoisotopic (exact) mass is 173 g/mol. The Morgan fingerprint density at radius 1 is 1.67 bits per heavy atom. The van der Waals surface area contributed by atoms with E-state index in [4.69, 9.17) is 5.11 Å². The SMILES string of the molecule is COC(=O)CCNC1(CO)CC1. The van der Waals surface area contributed by atoms with Crippen molar-refractivity contribution in [2.75, 3.05) is 20.3 Å². The minimum atomic E-state index is -0.212. The molecule has 1 fully saturated rings. The maximum absolute atomic E-state index is 10.7. The van der Waals surface area contributed by atoms with Gasteiger partial charge in [-0.2, -0.15) is 0 Å². The Labute approximate surface area is 71.9 Å². The second kappa shape index (κ2) is 3.87. The summed E-state index contributed by atoms with van der Waals surface area (Å²) in [5, 5.41) is 12.0. The standard InChI is InChI=1S/C8H15NO3/c1-12-7(11)2-5-9-8(6-10)3-4-8/h9-10H,2-6H2,1H3. The van der Waals surface area contributed by atoms with Crippen LogP contribution in [0.4, 0.5) is 0 Å². The number of hydrogen-bond acceptors (Lipinski definition) is 4. The van der Waals surface area contributed by atoms with Crippen LogP contribution in [0.15, 0.2) is 0 Å². The summed E-state index contributed by atoms with van der Waals surface area (Å²) in [6.07, 6.45) is 2.38. The van der Waals surface area contributed by atoms with E-state index in [1.807, 2.05) is 0 Å². The van der Waals surface area contributed by atoms with E-state index in [9.17, 15) is 4.79 Å². The Morgan fingerprint density at radius 2 is 2.33 bits per heavy atom. The summed E-state index contributed by atoms with van der Waals surface area (Å²) < 4.78 is 4.48. The number of ether oxygens (including phenoxy) is 1. The van der Waals surface area contributed by atoms with Crippen molar-refractivity contribution in [1.82, 2.24) is 5.32 Å². The molecule has 0 radical (unpaired) electrons. The number of carbonyl (C=O) groups excluding carboxylic acids is 1. The molecule has 0 saturated heterocycles. The number of hydrogen-bond donors (Lipinski definition) is 2. The summed E-state index contributed by atoms with van der Waals surface area (Å²) in [5.41, 5.74) is -0.0754. The second-order valence-corrected chi connectivity index (χ2v) is 3.19. The van der Waals surface area contributed by atoms with E-state index in [-0.39, 0.29) is 18.1 Å². The van der Waals surface area contributed by atoms with Crippen LogP contribution in [0.25, 0.3) is 0 Å². The molecule has 1 aliphatic rings. The lowest BCUT2D eigenvalue weighted by atomic mass is 10.3. The summed E-state index contributed by atoms with van der Waals surface area (Å²) in [4.78, 5) is 10.7.